The van der Waals surface area contributed by atoms with E-state index in [1.165, 1.54) is 13.2 Å². The fourth-order valence-electron chi connectivity index (χ4n) is 2.85. The number of hydrogen-bond donors (Lipinski definition) is 0. The lowest BCUT2D eigenvalue weighted by Crippen LogP contribution is -2.31. The predicted octanol–water partition coefficient (Wildman–Crippen LogP) is 2.53. The highest BCUT2D eigenvalue weighted by Gasteiger charge is 2.19. The Morgan fingerprint density at radius 3 is 2.91 bits per heavy atom. The van der Waals surface area contributed by atoms with Crippen molar-refractivity contribution in [3.63, 3.8) is 0 Å². The summed E-state index contributed by atoms with van der Waals surface area (Å²) >= 11 is 0. The third-order valence-electron chi connectivity index (χ3n) is 4.00. The van der Waals surface area contributed by atoms with Gasteiger partial charge in [-0.15, -0.1) is 0 Å². The third-order valence-corrected chi connectivity index (χ3v) is 4.00. The fraction of sp³-hybridized carbons (Fsp3) is 0.471. The van der Waals surface area contributed by atoms with Crippen LogP contribution in [0.1, 0.15) is 36.0 Å². The van der Waals surface area contributed by atoms with Crippen molar-refractivity contribution in [3.8, 4) is 5.88 Å². The van der Waals surface area contributed by atoms with E-state index >= 15 is 0 Å². The summed E-state index contributed by atoms with van der Waals surface area (Å²) in [4.78, 5) is 15.3. The highest BCUT2D eigenvalue weighted by atomic mass is 19.1. The molecule has 5 nitrogen and oxygen atoms in total. The molecule has 0 atom stereocenters. The highest BCUT2D eigenvalue weighted by molar-refractivity contribution is 5.23. The van der Waals surface area contributed by atoms with Gasteiger partial charge in [-0.05, 0) is 18.1 Å². The maximum Gasteiger partial charge on any atom is 0.250 e. The zero-order valence-electron chi connectivity index (χ0n) is 13.5. The molecular formula is C17H21FN4O. The number of methoxy groups -OCH3 is 1. The van der Waals surface area contributed by atoms with Gasteiger partial charge in [-0.3, -0.25) is 4.90 Å². The number of halogens is 1. The molecular weight excluding hydrogens is 295 g/mol. The lowest BCUT2D eigenvalue weighted by atomic mass is 10.1. The van der Waals surface area contributed by atoms with Gasteiger partial charge >= 0.3 is 0 Å². The third kappa shape index (κ3) is 3.64. The molecule has 0 saturated carbocycles. The number of fused-ring (bicyclic) bond motifs is 1. The van der Waals surface area contributed by atoms with E-state index in [2.05, 4.69) is 26.8 Å². The van der Waals surface area contributed by atoms with Gasteiger partial charge in [0.2, 0.25) is 5.88 Å². The van der Waals surface area contributed by atoms with Crippen LogP contribution in [0.3, 0.4) is 0 Å². The predicted molar refractivity (Wildman–Crippen MR) is 84.6 cm³/mol. The number of aromatic nitrogens is 3. The topological polar surface area (TPSA) is 51.1 Å². The first kappa shape index (κ1) is 15.8. The van der Waals surface area contributed by atoms with Crippen LogP contribution in [0.15, 0.2) is 18.5 Å². The van der Waals surface area contributed by atoms with Gasteiger partial charge in [0.15, 0.2) is 5.82 Å². The van der Waals surface area contributed by atoms with E-state index in [1.807, 2.05) is 6.20 Å². The van der Waals surface area contributed by atoms with Crippen LogP contribution >= 0.6 is 0 Å². The van der Waals surface area contributed by atoms with Crippen LogP contribution in [0.25, 0.3) is 0 Å². The van der Waals surface area contributed by atoms with Gasteiger partial charge in [-0.25, -0.2) is 19.3 Å². The molecule has 0 bridgehead atoms. The molecule has 0 radical (unpaired) electrons. The first-order chi connectivity index (χ1) is 11.2. The largest absolute Gasteiger partial charge is 0.479 e. The Balaban J connectivity index is 1.68. The van der Waals surface area contributed by atoms with Crippen LogP contribution in [-0.4, -0.2) is 33.5 Å². The van der Waals surface area contributed by atoms with Gasteiger partial charge < -0.3 is 4.74 Å². The second-order valence-electron chi connectivity index (χ2n) is 5.80. The minimum Gasteiger partial charge on any atom is -0.479 e. The molecule has 0 amide bonds. The standard InChI is InChI=1S/C17H21FN4O/c1-3-4-16-19-9-13-11-22(6-5-15(13)21-16)10-12-7-14(18)17(23-2)20-8-12/h7-9H,3-6,10-11H2,1-2H3. The van der Waals surface area contributed by atoms with Crippen LogP contribution < -0.4 is 4.74 Å². The SMILES string of the molecule is CCCc1ncc2c(n1)CCN(Cc1cnc(OC)c(F)c1)C2. The molecule has 2 aromatic heterocycles. The number of pyridine rings is 1. The number of rotatable bonds is 5. The van der Waals surface area contributed by atoms with E-state index in [9.17, 15) is 4.39 Å². The highest BCUT2D eigenvalue weighted by Crippen LogP contribution is 2.20. The summed E-state index contributed by atoms with van der Waals surface area (Å²) in [5, 5.41) is 0. The van der Waals surface area contributed by atoms with Gasteiger partial charge in [0.1, 0.15) is 5.82 Å². The van der Waals surface area contributed by atoms with E-state index in [0.29, 0.717) is 6.54 Å². The molecule has 2 aromatic rings. The molecule has 23 heavy (non-hydrogen) atoms. The molecule has 3 rings (SSSR count). The molecule has 0 spiro atoms. The molecule has 0 N–H and O–H groups in total. The number of nitrogens with zero attached hydrogens (tertiary/aromatic N) is 4. The minimum atomic E-state index is -0.421. The van der Waals surface area contributed by atoms with Crippen molar-refractivity contribution in [1.29, 1.82) is 0 Å². The van der Waals surface area contributed by atoms with Crippen molar-refractivity contribution < 1.29 is 9.13 Å². The maximum absolute atomic E-state index is 13.7. The van der Waals surface area contributed by atoms with Crippen LogP contribution in [-0.2, 0) is 25.9 Å². The molecule has 0 unspecified atom stereocenters. The molecule has 1 aliphatic heterocycles. The van der Waals surface area contributed by atoms with Crippen molar-refractivity contribution in [2.75, 3.05) is 13.7 Å². The summed E-state index contributed by atoms with van der Waals surface area (Å²) in [6.07, 6.45) is 6.49. The summed E-state index contributed by atoms with van der Waals surface area (Å²) in [5.74, 6) is 0.547. The maximum atomic E-state index is 13.7. The first-order valence-electron chi connectivity index (χ1n) is 7.94. The van der Waals surface area contributed by atoms with E-state index in [-0.39, 0.29) is 5.88 Å². The van der Waals surface area contributed by atoms with Gasteiger partial charge in [0, 0.05) is 56.1 Å². The summed E-state index contributed by atoms with van der Waals surface area (Å²) < 4.78 is 18.6. The van der Waals surface area contributed by atoms with Gasteiger partial charge in [-0.2, -0.15) is 0 Å². The normalized spacial score (nSPS) is 14.6. The Morgan fingerprint density at radius 1 is 1.30 bits per heavy atom. The summed E-state index contributed by atoms with van der Waals surface area (Å²) in [5.41, 5.74) is 3.16. The molecule has 0 aromatic carbocycles. The van der Waals surface area contributed by atoms with Crippen molar-refractivity contribution >= 4 is 0 Å². The van der Waals surface area contributed by atoms with Crippen LogP contribution in [0, 0.1) is 5.82 Å². The molecule has 0 aliphatic carbocycles. The Kier molecular flexibility index (Phi) is 4.81. The van der Waals surface area contributed by atoms with Gasteiger partial charge in [0.25, 0.3) is 0 Å². The van der Waals surface area contributed by atoms with Crippen molar-refractivity contribution in [2.24, 2.45) is 0 Å². The first-order valence-corrected chi connectivity index (χ1v) is 7.94. The average Bonchev–Trinajstić information content (AvgIpc) is 2.55. The lowest BCUT2D eigenvalue weighted by molar-refractivity contribution is 0.241. The Labute approximate surface area is 135 Å². The van der Waals surface area contributed by atoms with E-state index in [1.54, 1.807) is 6.20 Å². The molecule has 6 heteroatoms. The Morgan fingerprint density at radius 2 is 2.17 bits per heavy atom. The fourth-order valence-corrected chi connectivity index (χ4v) is 2.85. The van der Waals surface area contributed by atoms with E-state index in [0.717, 1.165) is 55.0 Å². The lowest BCUT2D eigenvalue weighted by Gasteiger charge is -2.28. The Bertz CT molecular complexity index is 692. The van der Waals surface area contributed by atoms with Gasteiger partial charge in [0.05, 0.1) is 7.11 Å². The quantitative estimate of drug-likeness (QED) is 0.848. The smallest absolute Gasteiger partial charge is 0.250 e. The second-order valence-corrected chi connectivity index (χ2v) is 5.80. The number of hydrogen-bond acceptors (Lipinski definition) is 5. The van der Waals surface area contributed by atoms with Crippen LogP contribution in [0.5, 0.6) is 5.88 Å². The molecule has 3 heterocycles. The molecule has 1 aliphatic rings. The summed E-state index contributed by atoms with van der Waals surface area (Å²) in [7, 11) is 1.42. The molecule has 122 valence electrons. The Hall–Kier alpha value is -2.08. The number of aryl methyl sites for hydroxylation is 1. The second kappa shape index (κ2) is 7.00. The zero-order valence-corrected chi connectivity index (χ0v) is 13.5. The van der Waals surface area contributed by atoms with E-state index < -0.39 is 5.82 Å². The van der Waals surface area contributed by atoms with Crippen molar-refractivity contribution in [3.05, 3.63) is 46.9 Å². The zero-order chi connectivity index (χ0) is 16.2. The number of ether oxygens (including phenoxy) is 1. The van der Waals surface area contributed by atoms with Crippen molar-refractivity contribution in [1.82, 2.24) is 19.9 Å². The molecule has 0 saturated heterocycles. The molecule has 0 fully saturated rings. The van der Waals surface area contributed by atoms with Crippen LogP contribution in [0.4, 0.5) is 4.39 Å². The summed E-state index contributed by atoms with van der Waals surface area (Å²) in [6, 6.07) is 1.49. The van der Waals surface area contributed by atoms with Crippen LogP contribution in [0.2, 0.25) is 0 Å². The monoisotopic (exact) mass is 316 g/mol. The van der Waals surface area contributed by atoms with E-state index in [4.69, 9.17) is 4.74 Å². The average molecular weight is 316 g/mol. The van der Waals surface area contributed by atoms with Crippen molar-refractivity contribution in [2.45, 2.75) is 39.3 Å². The minimum absolute atomic E-state index is 0.0367. The summed E-state index contributed by atoms with van der Waals surface area (Å²) in [6.45, 7) is 4.48. The van der Waals surface area contributed by atoms with Gasteiger partial charge in [-0.1, -0.05) is 6.92 Å².